The summed E-state index contributed by atoms with van der Waals surface area (Å²) in [6.07, 6.45) is 3.80. The molecule has 2 rings (SSSR count). The van der Waals surface area contributed by atoms with Gasteiger partial charge < -0.3 is 0 Å². The van der Waals surface area contributed by atoms with Crippen LogP contribution in [0.25, 0.3) is 0 Å². The molecule has 0 aliphatic heterocycles. The first-order valence-corrected chi connectivity index (χ1v) is 5.06. The molecule has 0 N–H and O–H groups in total. The molecular formula is C9H10Cl2N2O. The first-order chi connectivity index (χ1) is 6.37. The molecule has 0 spiro atoms. The molecule has 0 radical (unpaired) electrons. The van der Waals surface area contributed by atoms with Crippen LogP contribution in [0.15, 0.2) is 12.4 Å². The summed E-state index contributed by atoms with van der Waals surface area (Å²) in [7, 11) is 0. The second-order valence-electron chi connectivity index (χ2n) is 3.98. The van der Waals surface area contributed by atoms with Gasteiger partial charge >= 0.3 is 0 Å². The minimum atomic E-state index is -0.927. The van der Waals surface area contributed by atoms with Gasteiger partial charge in [0.1, 0.15) is 4.33 Å². The Bertz CT molecular complexity index is 399. The molecule has 1 aliphatic rings. The smallest absolute Gasteiger partial charge is 0.255 e. The van der Waals surface area contributed by atoms with E-state index in [1.807, 2.05) is 6.92 Å². The van der Waals surface area contributed by atoms with E-state index >= 15 is 0 Å². The fourth-order valence-electron chi connectivity index (χ4n) is 1.41. The number of aromatic nitrogens is 2. The minimum absolute atomic E-state index is 0.143. The predicted molar refractivity (Wildman–Crippen MR) is 54.8 cm³/mol. The number of carbonyl (C=O) groups is 1. The van der Waals surface area contributed by atoms with Crippen molar-refractivity contribution in [2.75, 3.05) is 0 Å². The number of alkyl halides is 2. The van der Waals surface area contributed by atoms with E-state index in [4.69, 9.17) is 23.2 Å². The van der Waals surface area contributed by atoms with Crippen LogP contribution in [0.5, 0.6) is 0 Å². The molecule has 0 bridgehead atoms. The van der Waals surface area contributed by atoms with Crippen molar-refractivity contribution in [1.29, 1.82) is 0 Å². The molecule has 0 saturated heterocycles. The van der Waals surface area contributed by atoms with Crippen LogP contribution >= 0.6 is 23.2 Å². The number of hydrogen-bond acceptors (Lipinski definition) is 2. The quantitative estimate of drug-likeness (QED) is 0.698. The van der Waals surface area contributed by atoms with Crippen molar-refractivity contribution in [3.05, 3.63) is 18.0 Å². The predicted octanol–water partition coefficient (Wildman–Crippen LogP) is 2.42. The Kier molecular flexibility index (Phi) is 1.95. The number of rotatable bonds is 1. The summed E-state index contributed by atoms with van der Waals surface area (Å²) >= 11 is 11.8. The summed E-state index contributed by atoms with van der Waals surface area (Å²) in [6, 6.07) is 0. The molecule has 1 aliphatic carbocycles. The summed E-state index contributed by atoms with van der Waals surface area (Å²) in [4.78, 5) is 11.9. The molecule has 1 unspecified atom stereocenters. The lowest BCUT2D eigenvalue weighted by Gasteiger charge is -2.09. The lowest BCUT2D eigenvalue weighted by atomic mass is 10.1. The number of hydrogen-bond donors (Lipinski definition) is 0. The highest BCUT2D eigenvalue weighted by Gasteiger charge is 2.68. The molecule has 1 saturated carbocycles. The number of nitrogens with zero attached hydrogens (tertiary/aromatic N) is 2. The van der Waals surface area contributed by atoms with Gasteiger partial charge in [-0.05, 0) is 25.8 Å². The van der Waals surface area contributed by atoms with Crippen molar-refractivity contribution in [3.8, 4) is 0 Å². The summed E-state index contributed by atoms with van der Waals surface area (Å²) in [5.74, 6) is -0.143. The van der Waals surface area contributed by atoms with E-state index in [-0.39, 0.29) is 5.91 Å². The topological polar surface area (TPSA) is 34.9 Å². The Hall–Kier alpha value is -0.540. The zero-order chi connectivity index (χ0) is 10.6. The van der Waals surface area contributed by atoms with Crippen LogP contribution in [0.4, 0.5) is 0 Å². The molecular weight excluding hydrogens is 223 g/mol. The summed E-state index contributed by atoms with van der Waals surface area (Å²) < 4.78 is 0.381. The van der Waals surface area contributed by atoms with E-state index in [1.165, 1.54) is 4.68 Å². The van der Waals surface area contributed by atoms with E-state index in [1.54, 1.807) is 19.3 Å². The number of halogens is 2. The van der Waals surface area contributed by atoms with Crippen LogP contribution in [-0.4, -0.2) is 20.0 Å². The van der Waals surface area contributed by atoms with Gasteiger partial charge in [-0.3, -0.25) is 4.79 Å². The van der Waals surface area contributed by atoms with Crippen molar-refractivity contribution < 1.29 is 4.79 Å². The van der Waals surface area contributed by atoms with E-state index in [9.17, 15) is 4.79 Å². The van der Waals surface area contributed by atoms with Gasteiger partial charge in [-0.25, -0.2) is 4.68 Å². The highest BCUT2D eigenvalue weighted by Crippen LogP contribution is 2.64. The maximum Gasteiger partial charge on any atom is 0.255 e. The number of carbonyl (C=O) groups excluding carboxylic acids is 1. The van der Waals surface area contributed by atoms with Gasteiger partial charge in [0.25, 0.3) is 5.91 Å². The normalized spacial score (nSPS) is 28.9. The summed E-state index contributed by atoms with van der Waals surface area (Å²) in [6.45, 7) is 3.63. The molecule has 1 aromatic rings. The highest BCUT2D eigenvalue weighted by molar-refractivity contribution is 6.53. The van der Waals surface area contributed by atoms with E-state index in [2.05, 4.69) is 5.10 Å². The first-order valence-electron chi connectivity index (χ1n) is 4.31. The van der Waals surface area contributed by atoms with Gasteiger partial charge in [-0.1, -0.05) is 0 Å². The lowest BCUT2D eigenvalue weighted by molar-refractivity contribution is 0.0806. The van der Waals surface area contributed by atoms with Crippen LogP contribution in [-0.2, 0) is 0 Å². The molecule has 76 valence electrons. The lowest BCUT2D eigenvalue weighted by Crippen LogP contribution is -2.25. The van der Waals surface area contributed by atoms with Crippen LogP contribution in [0.3, 0.4) is 0 Å². The van der Waals surface area contributed by atoms with E-state index < -0.39 is 9.75 Å². The Morgan fingerprint density at radius 3 is 2.57 bits per heavy atom. The molecule has 1 fully saturated rings. The molecule has 1 atom stereocenters. The largest absolute Gasteiger partial charge is 0.272 e. The Balaban J connectivity index is 2.27. The zero-order valence-corrected chi connectivity index (χ0v) is 9.43. The van der Waals surface area contributed by atoms with Crippen molar-refractivity contribution in [3.63, 3.8) is 0 Å². The zero-order valence-electron chi connectivity index (χ0n) is 7.92. The fraction of sp³-hybridized carbons (Fsp3) is 0.556. The summed E-state index contributed by atoms with van der Waals surface area (Å²) in [5, 5.41) is 3.94. The van der Waals surface area contributed by atoms with Crippen LogP contribution in [0.1, 0.15) is 23.7 Å². The summed E-state index contributed by atoms with van der Waals surface area (Å²) in [5.41, 5.74) is 0.256. The molecule has 0 aromatic carbocycles. The van der Waals surface area contributed by atoms with Crippen LogP contribution < -0.4 is 0 Å². The Morgan fingerprint density at radius 2 is 2.21 bits per heavy atom. The minimum Gasteiger partial charge on any atom is -0.272 e. The second kappa shape index (κ2) is 2.74. The van der Waals surface area contributed by atoms with Gasteiger partial charge in [-0.2, -0.15) is 5.10 Å². The van der Waals surface area contributed by atoms with Gasteiger partial charge in [-0.15, -0.1) is 23.2 Å². The number of aryl methyl sites for hydroxylation is 1. The average Bonchev–Trinajstić information content (AvgIpc) is 2.48. The highest BCUT2D eigenvalue weighted by atomic mass is 35.5. The standard InChI is InChI=1S/C9H10Cl2N2O/c1-6-3-12-13(4-6)7(14)8(2)5-9(8,10)11/h3-4H,5H2,1-2H3. The maximum absolute atomic E-state index is 11.9. The molecule has 0 amide bonds. The molecule has 3 nitrogen and oxygen atoms in total. The Labute approximate surface area is 92.0 Å². The van der Waals surface area contributed by atoms with E-state index in [0.717, 1.165) is 5.56 Å². The van der Waals surface area contributed by atoms with Crippen LogP contribution in [0, 0.1) is 12.3 Å². The van der Waals surface area contributed by atoms with Crippen LogP contribution in [0.2, 0.25) is 0 Å². The van der Waals surface area contributed by atoms with Gasteiger partial charge in [0, 0.05) is 6.20 Å². The third-order valence-corrected chi connectivity index (χ3v) is 3.75. The van der Waals surface area contributed by atoms with Crippen molar-refractivity contribution in [1.82, 2.24) is 9.78 Å². The van der Waals surface area contributed by atoms with Gasteiger partial charge in [0.05, 0.1) is 11.6 Å². The second-order valence-corrected chi connectivity index (χ2v) is 5.46. The molecule has 5 heteroatoms. The first kappa shape index (κ1) is 9.99. The van der Waals surface area contributed by atoms with Gasteiger partial charge in [0.2, 0.25) is 0 Å². The maximum atomic E-state index is 11.9. The third-order valence-electron chi connectivity index (χ3n) is 2.65. The van der Waals surface area contributed by atoms with E-state index in [0.29, 0.717) is 6.42 Å². The molecule has 1 heterocycles. The monoisotopic (exact) mass is 232 g/mol. The van der Waals surface area contributed by atoms with Crippen molar-refractivity contribution in [2.24, 2.45) is 5.41 Å². The third kappa shape index (κ3) is 1.27. The fourth-order valence-corrected chi connectivity index (χ4v) is 2.10. The Morgan fingerprint density at radius 1 is 1.64 bits per heavy atom. The molecule has 1 aromatic heterocycles. The van der Waals surface area contributed by atoms with Crippen molar-refractivity contribution >= 4 is 29.1 Å². The van der Waals surface area contributed by atoms with Gasteiger partial charge in [0.15, 0.2) is 0 Å². The SMILES string of the molecule is Cc1cnn(C(=O)C2(C)CC2(Cl)Cl)c1. The average molecular weight is 233 g/mol. The van der Waals surface area contributed by atoms with Crippen molar-refractivity contribution in [2.45, 2.75) is 24.6 Å². The molecule has 14 heavy (non-hydrogen) atoms.